The van der Waals surface area contributed by atoms with Crippen molar-refractivity contribution in [2.75, 3.05) is 31.2 Å². The molecule has 0 saturated carbocycles. The molecule has 0 spiro atoms. The van der Waals surface area contributed by atoms with E-state index >= 15 is 0 Å². The predicted octanol–water partition coefficient (Wildman–Crippen LogP) is 1.66. The van der Waals surface area contributed by atoms with Gasteiger partial charge in [0.05, 0.1) is 12.7 Å². The molecular weight excluding hydrogens is 246 g/mol. The lowest BCUT2D eigenvalue weighted by molar-refractivity contribution is 0.0429. The lowest BCUT2D eigenvalue weighted by Crippen LogP contribution is -2.30. The van der Waals surface area contributed by atoms with Crippen LogP contribution in [0.15, 0.2) is 24.3 Å². The molecule has 4 heteroatoms. The zero-order valence-electron chi connectivity index (χ0n) is 10.9. The zero-order chi connectivity index (χ0) is 12.8. The molecule has 2 rings (SSSR count). The van der Waals surface area contributed by atoms with Crippen LogP contribution in [0.2, 0.25) is 0 Å². The first-order valence-corrected chi connectivity index (χ1v) is 8.05. The van der Waals surface area contributed by atoms with Crippen molar-refractivity contribution in [3.05, 3.63) is 35.4 Å². The van der Waals surface area contributed by atoms with E-state index in [1.165, 1.54) is 11.1 Å². The van der Waals surface area contributed by atoms with E-state index in [1.807, 2.05) is 6.92 Å². The van der Waals surface area contributed by atoms with Crippen molar-refractivity contribution in [1.82, 2.24) is 5.32 Å². The summed E-state index contributed by atoms with van der Waals surface area (Å²) in [4.78, 5) is 0. The van der Waals surface area contributed by atoms with Gasteiger partial charge in [0, 0.05) is 35.4 Å². The Balaban J connectivity index is 1.82. The fourth-order valence-electron chi connectivity index (χ4n) is 2.21. The van der Waals surface area contributed by atoms with E-state index in [2.05, 4.69) is 29.6 Å². The van der Waals surface area contributed by atoms with E-state index < -0.39 is 10.8 Å². The topological polar surface area (TPSA) is 38.3 Å². The molecule has 0 saturated heterocycles. The standard InChI is InChI=1S/C14H21NO2S/c1-2-18(16)10-8-15-11-14-13-6-4-3-5-12(13)7-9-17-14/h3-6,14-15H,2,7-11H2,1H3. The Bertz CT molecular complexity index is 409. The molecule has 0 aromatic heterocycles. The molecule has 1 aliphatic rings. The van der Waals surface area contributed by atoms with E-state index in [0.29, 0.717) is 0 Å². The third-order valence-electron chi connectivity index (χ3n) is 3.25. The van der Waals surface area contributed by atoms with Crippen molar-refractivity contribution in [2.24, 2.45) is 0 Å². The number of fused-ring (bicyclic) bond motifs is 1. The van der Waals surface area contributed by atoms with Gasteiger partial charge < -0.3 is 10.1 Å². The second-order valence-corrected chi connectivity index (χ2v) is 6.31. The second-order valence-electron chi connectivity index (χ2n) is 4.44. The summed E-state index contributed by atoms with van der Waals surface area (Å²) in [7, 11) is -0.682. The summed E-state index contributed by atoms with van der Waals surface area (Å²) in [6, 6.07) is 8.47. The monoisotopic (exact) mass is 267 g/mol. The number of benzene rings is 1. The molecule has 2 unspecified atom stereocenters. The minimum absolute atomic E-state index is 0.144. The SMILES string of the molecule is CCS(=O)CCNCC1OCCc2ccccc21. The largest absolute Gasteiger partial charge is 0.372 e. The van der Waals surface area contributed by atoms with E-state index in [4.69, 9.17) is 4.74 Å². The van der Waals surface area contributed by atoms with Crippen molar-refractivity contribution in [2.45, 2.75) is 19.4 Å². The van der Waals surface area contributed by atoms with E-state index in [1.54, 1.807) is 0 Å². The quantitative estimate of drug-likeness (QED) is 0.797. The average Bonchev–Trinajstić information content (AvgIpc) is 2.43. The second kappa shape index (κ2) is 7.02. The van der Waals surface area contributed by atoms with Gasteiger partial charge in [-0.25, -0.2) is 0 Å². The Labute approximate surface area is 111 Å². The van der Waals surface area contributed by atoms with Gasteiger partial charge in [-0.3, -0.25) is 4.21 Å². The molecule has 1 aromatic rings. The smallest absolute Gasteiger partial charge is 0.0952 e. The van der Waals surface area contributed by atoms with Crippen molar-refractivity contribution in [3.63, 3.8) is 0 Å². The summed E-state index contributed by atoms with van der Waals surface area (Å²) in [6.07, 6.45) is 1.15. The summed E-state index contributed by atoms with van der Waals surface area (Å²) in [5.41, 5.74) is 2.69. The van der Waals surface area contributed by atoms with E-state index in [0.717, 1.165) is 37.6 Å². The van der Waals surface area contributed by atoms with Crippen LogP contribution in [0.5, 0.6) is 0 Å². The van der Waals surface area contributed by atoms with Crippen LogP contribution in [0.1, 0.15) is 24.2 Å². The summed E-state index contributed by atoms with van der Waals surface area (Å²) in [5, 5.41) is 3.34. The van der Waals surface area contributed by atoms with Crippen molar-refractivity contribution in [3.8, 4) is 0 Å². The lowest BCUT2D eigenvalue weighted by atomic mass is 9.98. The number of ether oxygens (including phenoxy) is 1. The van der Waals surface area contributed by atoms with Crippen molar-refractivity contribution < 1.29 is 8.95 Å². The van der Waals surface area contributed by atoms with Crippen LogP contribution < -0.4 is 5.32 Å². The Morgan fingerprint density at radius 2 is 2.28 bits per heavy atom. The van der Waals surface area contributed by atoms with Crippen LogP contribution in [-0.4, -0.2) is 35.4 Å². The fourth-order valence-corrected chi connectivity index (χ4v) is 2.87. The molecule has 1 heterocycles. The van der Waals surface area contributed by atoms with Crippen LogP contribution in [0.4, 0.5) is 0 Å². The zero-order valence-corrected chi connectivity index (χ0v) is 11.7. The summed E-state index contributed by atoms with van der Waals surface area (Å²) < 4.78 is 17.1. The van der Waals surface area contributed by atoms with Gasteiger partial charge in [0.1, 0.15) is 0 Å². The van der Waals surface area contributed by atoms with E-state index in [-0.39, 0.29) is 6.10 Å². The maximum atomic E-state index is 11.3. The van der Waals surface area contributed by atoms with E-state index in [9.17, 15) is 4.21 Å². The first-order chi connectivity index (χ1) is 8.81. The summed E-state index contributed by atoms with van der Waals surface area (Å²) >= 11 is 0. The Morgan fingerprint density at radius 3 is 3.11 bits per heavy atom. The van der Waals surface area contributed by atoms with Crippen molar-refractivity contribution >= 4 is 10.8 Å². The van der Waals surface area contributed by atoms with Crippen LogP contribution in [0, 0.1) is 0 Å². The summed E-state index contributed by atoms with van der Waals surface area (Å²) in [6.45, 7) is 4.35. The summed E-state index contributed by atoms with van der Waals surface area (Å²) in [5.74, 6) is 1.47. The molecule has 1 aromatic carbocycles. The molecule has 1 N–H and O–H groups in total. The average molecular weight is 267 g/mol. The van der Waals surface area contributed by atoms with Gasteiger partial charge in [0.2, 0.25) is 0 Å². The highest BCUT2D eigenvalue weighted by atomic mass is 32.2. The highest BCUT2D eigenvalue weighted by Gasteiger charge is 2.19. The molecule has 0 amide bonds. The number of rotatable bonds is 6. The van der Waals surface area contributed by atoms with Gasteiger partial charge in [-0.15, -0.1) is 0 Å². The number of hydrogen-bond donors (Lipinski definition) is 1. The predicted molar refractivity (Wildman–Crippen MR) is 75.3 cm³/mol. The van der Waals surface area contributed by atoms with Gasteiger partial charge in [-0.2, -0.15) is 0 Å². The van der Waals surface area contributed by atoms with Crippen LogP contribution in [0.25, 0.3) is 0 Å². The molecule has 0 radical (unpaired) electrons. The highest BCUT2D eigenvalue weighted by molar-refractivity contribution is 7.84. The first kappa shape index (κ1) is 13.7. The Kier molecular flexibility index (Phi) is 5.35. The minimum Gasteiger partial charge on any atom is -0.372 e. The van der Waals surface area contributed by atoms with Crippen molar-refractivity contribution in [1.29, 1.82) is 0 Å². The third-order valence-corrected chi connectivity index (χ3v) is 4.55. The molecule has 1 aliphatic heterocycles. The van der Waals surface area contributed by atoms with Crippen LogP contribution in [0.3, 0.4) is 0 Å². The van der Waals surface area contributed by atoms with Gasteiger partial charge in [-0.05, 0) is 17.5 Å². The van der Waals surface area contributed by atoms with Gasteiger partial charge in [0.25, 0.3) is 0 Å². The first-order valence-electron chi connectivity index (χ1n) is 6.56. The maximum Gasteiger partial charge on any atom is 0.0952 e. The van der Waals surface area contributed by atoms with Gasteiger partial charge in [-0.1, -0.05) is 31.2 Å². The molecule has 3 nitrogen and oxygen atoms in total. The molecule has 2 atom stereocenters. The number of nitrogens with one attached hydrogen (secondary N) is 1. The molecule has 18 heavy (non-hydrogen) atoms. The normalized spacial score (nSPS) is 20.4. The molecule has 0 fully saturated rings. The maximum absolute atomic E-state index is 11.3. The van der Waals surface area contributed by atoms with Crippen LogP contribution in [-0.2, 0) is 22.0 Å². The lowest BCUT2D eigenvalue weighted by Gasteiger charge is -2.26. The minimum atomic E-state index is -0.682. The number of hydrogen-bond acceptors (Lipinski definition) is 3. The molecule has 0 bridgehead atoms. The van der Waals surface area contributed by atoms with Gasteiger partial charge in [0.15, 0.2) is 0 Å². The molecule has 0 aliphatic carbocycles. The fraction of sp³-hybridized carbons (Fsp3) is 0.571. The molecule has 100 valence electrons. The Morgan fingerprint density at radius 1 is 1.44 bits per heavy atom. The van der Waals surface area contributed by atoms with Crippen LogP contribution >= 0.6 is 0 Å². The third kappa shape index (κ3) is 3.64. The Hall–Kier alpha value is -0.710. The van der Waals surface area contributed by atoms with Gasteiger partial charge >= 0.3 is 0 Å². The molecular formula is C14H21NO2S. The highest BCUT2D eigenvalue weighted by Crippen LogP contribution is 2.25.